The van der Waals surface area contributed by atoms with Gasteiger partial charge in [-0.25, -0.2) is 0 Å². The van der Waals surface area contributed by atoms with Crippen molar-refractivity contribution in [2.24, 2.45) is 0 Å². The van der Waals surface area contributed by atoms with Gasteiger partial charge in [-0.15, -0.1) is 0 Å². The van der Waals surface area contributed by atoms with E-state index < -0.39 is 0 Å². The van der Waals surface area contributed by atoms with Gasteiger partial charge in [0, 0.05) is 18.8 Å². The summed E-state index contributed by atoms with van der Waals surface area (Å²) in [6.45, 7) is 4.97. The van der Waals surface area contributed by atoms with Crippen LogP contribution in [-0.4, -0.2) is 17.0 Å². The van der Waals surface area contributed by atoms with Crippen molar-refractivity contribution in [3.63, 3.8) is 0 Å². The predicted molar refractivity (Wildman–Crippen MR) is 84.6 cm³/mol. The van der Waals surface area contributed by atoms with Gasteiger partial charge in [0.25, 0.3) is 5.91 Å². The van der Waals surface area contributed by atoms with Crippen molar-refractivity contribution in [1.29, 1.82) is 0 Å². The lowest BCUT2D eigenvalue weighted by molar-refractivity contribution is 0.0657. The molecule has 5 heteroatoms. The van der Waals surface area contributed by atoms with Crippen LogP contribution in [0.4, 0.5) is 0 Å². The number of benzene rings is 1. The SMILES string of the molecule is CC(C)OCc1cccc(CNC(=O)c2ccc(=O)[nH]c2)c1. The van der Waals surface area contributed by atoms with E-state index in [9.17, 15) is 9.59 Å². The van der Waals surface area contributed by atoms with E-state index in [1.165, 1.54) is 18.3 Å². The van der Waals surface area contributed by atoms with Crippen molar-refractivity contribution in [1.82, 2.24) is 10.3 Å². The lowest BCUT2D eigenvalue weighted by atomic mass is 10.1. The van der Waals surface area contributed by atoms with E-state index in [2.05, 4.69) is 10.3 Å². The zero-order valence-corrected chi connectivity index (χ0v) is 12.8. The Balaban J connectivity index is 1.93. The fourth-order valence-electron chi connectivity index (χ4n) is 1.93. The molecule has 1 heterocycles. The van der Waals surface area contributed by atoms with Gasteiger partial charge in [-0.05, 0) is 31.0 Å². The van der Waals surface area contributed by atoms with Crippen LogP contribution in [-0.2, 0) is 17.9 Å². The number of rotatable bonds is 6. The first kappa shape index (κ1) is 16.0. The number of carbonyl (C=O) groups is 1. The Morgan fingerprint density at radius 2 is 2.00 bits per heavy atom. The molecule has 2 rings (SSSR count). The third-order valence-electron chi connectivity index (χ3n) is 3.07. The second-order valence-electron chi connectivity index (χ2n) is 5.30. The Morgan fingerprint density at radius 3 is 2.68 bits per heavy atom. The molecule has 0 aliphatic carbocycles. The van der Waals surface area contributed by atoms with Crippen LogP contribution < -0.4 is 10.9 Å². The molecular weight excluding hydrogens is 280 g/mol. The summed E-state index contributed by atoms with van der Waals surface area (Å²) in [5.74, 6) is -0.222. The smallest absolute Gasteiger partial charge is 0.253 e. The van der Waals surface area contributed by atoms with Crippen LogP contribution in [0.25, 0.3) is 0 Å². The maximum Gasteiger partial charge on any atom is 0.253 e. The minimum absolute atomic E-state index is 0.184. The highest BCUT2D eigenvalue weighted by molar-refractivity contribution is 5.93. The number of nitrogens with one attached hydrogen (secondary N) is 2. The largest absolute Gasteiger partial charge is 0.374 e. The summed E-state index contributed by atoms with van der Waals surface area (Å²) in [6, 6.07) is 10.7. The van der Waals surface area contributed by atoms with Crippen molar-refractivity contribution in [2.75, 3.05) is 0 Å². The molecule has 0 saturated heterocycles. The molecule has 2 N–H and O–H groups in total. The van der Waals surface area contributed by atoms with Gasteiger partial charge in [-0.3, -0.25) is 9.59 Å². The number of hydrogen-bond donors (Lipinski definition) is 2. The Kier molecular flexibility index (Phi) is 5.49. The van der Waals surface area contributed by atoms with Gasteiger partial charge < -0.3 is 15.0 Å². The molecule has 22 heavy (non-hydrogen) atoms. The highest BCUT2D eigenvalue weighted by Crippen LogP contribution is 2.08. The average Bonchev–Trinajstić information content (AvgIpc) is 2.52. The third kappa shape index (κ3) is 4.86. The average molecular weight is 300 g/mol. The van der Waals surface area contributed by atoms with Crippen molar-refractivity contribution >= 4 is 5.91 Å². The fourth-order valence-corrected chi connectivity index (χ4v) is 1.93. The van der Waals surface area contributed by atoms with Gasteiger partial charge in [0.15, 0.2) is 0 Å². The molecule has 0 bridgehead atoms. The molecule has 0 spiro atoms. The molecular formula is C17H20N2O3. The highest BCUT2D eigenvalue weighted by Gasteiger charge is 2.05. The third-order valence-corrected chi connectivity index (χ3v) is 3.07. The molecule has 1 aromatic heterocycles. The first-order valence-electron chi connectivity index (χ1n) is 7.21. The van der Waals surface area contributed by atoms with Crippen molar-refractivity contribution in [3.05, 3.63) is 69.6 Å². The summed E-state index contributed by atoms with van der Waals surface area (Å²) < 4.78 is 5.57. The van der Waals surface area contributed by atoms with E-state index in [1.807, 2.05) is 38.1 Å². The normalized spacial score (nSPS) is 10.7. The summed E-state index contributed by atoms with van der Waals surface area (Å²) >= 11 is 0. The Morgan fingerprint density at radius 1 is 1.23 bits per heavy atom. The standard InChI is InChI=1S/C17H20N2O3/c1-12(2)22-11-14-5-3-4-13(8-14)9-19-17(21)15-6-7-16(20)18-10-15/h3-8,10,12H,9,11H2,1-2H3,(H,18,20)(H,19,21). The number of ether oxygens (including phenoxy) is 1. The number of H-pyrrole nitrogens is 1. The lowest BCUT2D eigenvalue weighted by Gasteiger charge is -2.10. The summed E-state index contributed by atoms with van der Waals surface area (Å²) in [6.07, 6.45) is 1.59. The van der Waals surface area contributed by atoms with Gasteiger partial charge in [-0.1, -0.05) is 24.3 Å². The number of amides is 1. The van der Waals surface area contributed by atoms with Crippen LogP contribution in [0.1, 0.15) is 35.3 Å². The van der Waals surface area contributed by atoms with Gasteiger partial charge in [-0.2, -0.15) is 0 Å². The van der Waals surface area contributed by atoms with E-state index in [-0.39, 0.29) is 17.6 Å². The maximum absolute atomic E-state index is 12.0. The summed E-state index contributed by atoms with van der Waals surface area (Å²) in [7, 11) is 0. The molecule has 5 nitrogen and oxygen atoms in total. The minimum atomic E-state index is -0.227. The van der Waals surface area contributed by atoms with Crippen molar-refractivity contribution < 1.29 is 9.53 Å². The van der Waals surface area contributed by atoms with Crippen LogP contribution in [0.15, 0.2) is 47.4 Å². The summed E-state index contributed by atoms with van der Waals surface area (Å²) in [5, 5.41) is 2.82. The fraction of sp³-hybridized carbons (Fsp3) is 0.294. The summed E-state index contributed by atoms with van der Waals surface area (Å²) in [4.78, 5) is 25.4. The Bertz CT molecular complexity index is 672. The molecule has 0 unspecified atom stereocenters. The van der Waals surface area contributed by atoms with E-state index in [1.54, 1.807) is 0 Å². The number of aromatic amines is 1. The Hall–Kier alpha value is -2.40. The molecule has 0 atom stereocenters. The van der Waals surface area contributed by atoms with Crippen LogP contribution in [0.5, 0.6) is 0 Å². The van der Waals surface area contributed by atoms with Gasteiger partial charge in [0.05, 0.1) is 18.3 Å². The van der Waals surface area contributed by atoms with E-state index >= 15 is 0 Å². The molecule has 116 valence electrons. The number of hydrogen-bond acceptors (Lipinski definition) is 3. The Labute approximate surface area is 129 Å². The minimum Gasteiger partial charge on any atom is -0.374 e. The van der Waals surface area contributed by atoms with Crippen LogP contribution in [0.2, 0.25) is 0 Å². The quantitative estimate of drug-likeness (QED) is 0.859. The number of carbonyl (C=O) groups excluding carboxylic acids is 1. The molecule has 1 amide bonds. The van der Waals surface area contributed by atoms with Gasteiger partial charge >= 0.3 is 0 Å². The monoisotopic (exact) mass is 300 g/mol. The molecule has 0 aliphatic rings. The second-order valence-corrected chi connectivity index (χ2v) is 5.30. The number of pyridine rings is 1. The van der Waals surface area contributed by atoms with Crippen LogP contribution in [0.3, 0.4) is 0 Å². The zero-order chi connectivity index (χ0) is 15.9. The van der Waals surface area contributed by atoms with Gasteiger partial charge in [0.2, 0.25) is 5.56 Å². The van der Waals surface area contributed by atoms with Crippen LogP contribution >= 0.6 is 0 Å². The highest BCUT2D eigenvalue weighted by atomic mass is 16.5. The first-order chi connectivity index (χ1) is 10.5. The van der Waals surface area contributed by atoms with E-state index in [0.29, 0.717) is 18.7 Å². The number of aromatic nitrogens is 1. The zero-order valence-electron chi connectivity index (χ0n) is 12.8. The van der Waals surface area contributed by atoms with Crippen molar-refractivity contribution in [2.45, 2.75) is 33.1 Å². The van der Waals surface area contributed by atoms with E-state index in [4.69, 9.17) is 4.74 Å². The predicted octanol–water partition coefficient (Wildman–Crippen LogP) is 2.23. The van der Waals surface area contributed by atoms with Crippen molar-refractivity contribution in [3.8, 4) is 0 Å². The molecule has 0 fully saturated rings. The molecule has 0 radical (unpaired) electrons. The first-order valence-corrected chi connectivity index (χ1v) is 7.21. The molecule has 1 aromatic carbocycles. The summed E-state index contributed by atoms with van der Waals surface area (Å²) in [5.41, 5.74) is 2.28. The topological polar surface area (TPSA) is 71.2 Å². The molecule has 0 saturated carbocycles. The van der Waals surface area contributed by atoms with Gasteiger partial charge in [0.1, 0.15) is 0 Å². The second kappa shape index (κ2) is 7.56. The lowest BCUT2D eigenvalue weighted by Crippen LogP contribution is -2.23. The van der Waals surface area contributed by atoms with Crippen LogP contribution in [0, 0.1) is 0 Å². The molecule has 0 aliphatic heterocycles. The maximum atomic E-state index is 12.0. The molecule has 2 aromatic rings. The van der Waals surface area contributed by atoms with E-state index in [0.717, 1.165) is 11.1 Å².